The molecule has 0 aliphatic rings. The summed E-state index contributed by atoms with van der Waals surface area (Å²) in [5.41, 5.74) is 9.00. The lowest BCUT2D eigenvalue weighted by Crippen LogP contribution is -2.30. The minimum Gasteiger partial charge on any atom is -0.384 e. The van der Waals surface area contributed by atoms with Crippen LogP contribution in [0.1, 0.15) is 17.2 Å². The number of anilines is 1. The van der Waals surface area contributed by atoms with Crippen LogP contribution in [0.2, 0.25) is 0 Å². The normalized spacial score (nSPS) is 12.6. The van der Waals surface area contributed by atoms with Gasteiger partial charge >= 0.3 is 0 Å². The minimum atomic E-state index is -0.886. The molecule has 1 heterocycles. The second-order valence-electron chi connectivity index (χ2n) is 3.88. The molecule has 0 aliphatic heterocycles. The lowest BCUT2D eigenvalue weighted by atomic mass is 10.0. The summed E-state index contributed by atoms with van der Waals surface area (Å²) in [7, 11) is 0. The molecule has 0 saturated heterocycles. The summed E-state index contributed by atoms with van der Waals surface area (Å²) in [5.74, 6) is 3.99. The van der Waals surface area contributed by atoms with Crippen LogP contribution in [0.4, 0.5) is 14.6 Å². The van der Waals surface area contributed by atoms with E-state index < -0.39 is 17.7 Å². The van der Waals surface area contributed by atoms with E-state index in [1.807, 2.05) is 0 Å². The molecule has 0 fully saturated rings. The fraction of sp³-hybridized carbons (Fsp3) is 0.182. The maximum atomic E-state index is 13.5. The van der Waals surface area contributed by atoms with Crippen LogP contribution in [-0.2, 0) is 6.42 Å². The van der Waals surface area contributed by atoms with Gasteiger partial charge in [-0.1, -0.05) is 12.1 Å². The van der Waals surface area contributed by atoms with Crippen molar-refractivity contribution in [1.82, 2.24) is 15.6 Å². The molecule has 2 aromatic rings. The highest BCUT2D eigenvalue weighted by Gasteiger charge is 2.18. The van der Waals surface area contributed by atoms with Crippen LogP contribution in [0.15, 0.2) is 24.4 Å². The topological polar surface area (TPSA) is 92.7 Å². The molecule has 0 radical (unpaired) electrons. The lowest BCUT2D eigenvalue weighted by Gasteiger charge is -2.15. The number of nitrogens with one attached hydrogen (secondary N) is 2. The zero-order valence-corrected chi connectivity index (χ0v) is 9.45. The van der Waals surface area contributed by atoms with Gasteiger partial charge in [-0.2, -0.15) is 5.10 Å². The molecule has 6 N–H and O–H groups in total. The van der Waals surface area contributed by atoms with Gasteiger partial charge in [-0.3, -0.25) is 16.4 Å². The van der Waals surface area contributed by atoms with Crippen molar-refractivity contribution in [3.63, 3.8) is 0 Å². The van der Waals surface area contributed by atoms with Gasteiger partial charge in [-0.05, 0) is 18.1 Å². The number of hydrogen-bond donors (Lipinski definition) is 4. The molecular formula is C11H13F2N5. The first kappa shape index (κ1) is 12.5. The van der Waals surface area contributed by atoms with E-state index in [1.54, 1.807) is 0 Å². The Morgan fingerprint density at radius 1 is 1.39 bits per heavy atom. The highest BCUT2D eigenvalue weighted by atomic mass is 19.2. The number of nitrogens with two attached hydrogens (primary N) is 2. The summed E-state index contributed by atoms with van der Waals surface area (Å²) >= 11 is 0. The van der Waals surface area contributed by atoms with Crippen LogP contribution in [0.3, 0.4) is 0 Å². The van der Waals surface area contributed by atoms with Crippen molar-refractivity contribution >= 4 is 5.82 Å². The van der Waals surface area contributed by atoms with Gasteiger partial charge in [0.2, 0.25) is 0 Å². The number of nitrogen functional groups attached to an aromatic ring is 1. The van der Waals surface area contributed by atoms with E-state index in [0.29, 0.717) is 11.4 Å². The van der Waals surface area contributed by atoms with E-state index >= 15 is 0 Å². The highest BCUT2D eigenvalue weighted by Crippen LogP contribution is 2.23. The van der Waals surface area contributed by atoms with E-state index in [4.69, 9.17) is 11.6 Å². The van der Waals surface area contributed by atoms with Gasteiger partial charge in [0, 0.05) is 5.56 Å². The summed E-state index contributed by atoms with van der Waals surface area (Å²) in [4.78, 5) is 0. The van der Waals surface area contributed by atoms with E-state index in [9.17, 15) is 8.78 Å². The zero-order chi connectivity index (χ0) is 13.1. The van der Waals surface area contributed by atoms with Crippen molar-refractivity contribution in [3.8, 4) is 0 Å². The summed E-state index contributed by atoms with van der Waals surface area (Å²) in [6.45, 7) is 0. The molecule has 1 unspecified atom stereocenters. The number of aromatic amines is 1. The Bertz CT molecular complexity index is 540. The molecule has 0 saturated carbocycles. The molecule has 0 aliphatic carbocycles. The molecular weight excluding hydrogens is 240 g/mol. The number of benzene rings is 1. The summed E-state index contributed by atoms with van der Waals surface area (Å²) in [6.07, 6.45) is 1.67. The summed E-state index contributed by atoms with van der Waals surface area (Å²) in [6, 6.07) is 3.56. The Kier molecular flexibility index (Phi) is 3.54. The van der Waals surface area contributed by atoms with E-state index in [1.165, 1.54) is 18.3 Å². The molecule has 1 aromatic carbocycles. The number of halogens is 2. The number of H-pyrrole nitrogens is 1. The fourth-order valence-electron chi connectivity index (χ4n) is 1.77. The van der Waals surface area contributed by atoms with Crippen molar-refractivity contribution in [2.45, 2.75) is 12.5 Å². The number of hydrazine groups is 1. The molecule has 2 rings (SSSR count). The largest absolute Gasteiger partial charge is 0.384 e. The Morgan fingerprint density at radius 2 is 2.17 bits per heavy atom. The van der Waals surface area contributed by atoms with Gasteiger partial charge in [-0.15, -0.1) is 0 Å². The smallest absolute Gasteiger partial charge is 0.162 e. The molecule has 0 amide bonds. The van der Waals surface area contributed by atoms with Crippen molar-refractivity contribution in [2.75, 3.05) is 5.73 Å². The Morgan fingerprint density at radius 3 is 2.78 bits per heavy atom. The van der Waals surface area contributed by atoms with Gasteiger partial charge in [0.15, 0.2) is 11.6 Å². The number of aromatic nitrogens is 2. The van der Waals surface area contributed by atoms with Crippen LogP contribution in [0.25, 0.3) is 0 Å². The maximum absolute atomic E-state index is 13.5. The van der Waals surface area contributed by atoms with E-state index in [2.05, 4.69) is 15.6 Å². The molecule has 18 heavy (non-hydrogen) atoms. The van der Waals surface area contributed by atoms with Crippen molar-refractivity contribution in [3.05, 3.63) is 47.2 Å². The molecule has 1 aromatic heterocycles. The highest BCUT2D eigenvalue weighted by molar-refractivity contribution is 5.40. The first-order valence-electron chi connectivity index (χ1n) is 5.31. The summed E-state index contributed by atoms with van der Waals surface area (Å²) in [5, 5.41) is 6.32. The van der Waals surface area contributed by atoms with Crippen molar-refractivity contribution < 1.29 is 8.78 Å². The molecule has 5 nitrogen and oxygen atoms in total. The number of hydrogen-bond acceptors (Lipinski definition) is 4. The fourth-order valence-corrected chi connectivity index (χ4v) is 1.77. The molecule has 1 atom stereocenters. The Labute approximate surface area is 102 Å². The standard InChI is InChI=1S/C11H13F2N5/c12-8-3-1-2-6(10(8)13)4-9(17-15)7-5-16-18-11(7)14/h1-3,5,9,17H,4,15H2,(H3,14,16,18). The third kappa shape index (κ3) is 2.31. The Balaban J connectivity index is 2.26. The van der Waals surface area contributed by atoms with Crippen molar-refractivity contribution in [1.29, 1.82) is 0 Å². The average Bonchev–Trinajstić information content (AvgIpc) is 2.77. The molecule has 7 heteroatoms. The summed E-state index contributed by atoms with van der Waals surface area (Å²) < 4.78 is 26.6. The average molecular weight is 253 g/mol. The quantitative estimate of drug-likeness (QED) is 0.483. The van der Waals surface area contributed by atoms with Crippen LogP contribution >= 0.6 is 0 Å². The van der Waals surface area contributed by atoms with Crippen LogP contribution in [0, 0.1) is 11.6 Å². The van der Waals surface area contributed by atoms with E-state index in [-0.39, 0.29) is 12.0 Å². The van der Waals surface area contributed by atoms with E-state index in [0.717, 1.165) is 6.07 Å². The zero-order valence-electron chi connectivity index (χ0n) is 9.45. The number of rotatable bonds is 4. The predicted octanol–water partition coefficient (Wildman–Crippen LogP) is 1.02. The second-order valence-corrected chi connectivity index (χ2v) is 3.88. The lowest BCUT2D eigenvalue weighted by molar-refractivity contribution is 0.481. The van der Waals surface area contributed by atoms with Crippen molar-refractivity contribution in [2.24, 2.45) is 5.84 Å². The molecule has 0 spiro atoms. The third-order valence-corrected chi connectivity index (χ3v) is 2.73. The first-order chi connectivity index (χ1) is 8.63. The second kappa shape index (κ2) is 5.11. The molecule has 0 bridgehead atoms. The Hall–Kier alpha value is -1.99. The number of nitrogens with zero attached hydrogens (tertiary/aromatic N) is 1. The SMILES string of the molecule is NNC(Cc1cccc(F)c1F)c1cn[nH]c1N. The van der Waals surface area contributed by atoms with Gasteiger partial charge in [-0.25, -0.2) is 8.78 Å². The minimum absolute atomic E-state index is 0.170. The van der Waals surface area contributed by atoms with Gasteiger partial charge in [0.05, 0.1) is 12.2 Å². The van der Waals surface area contributed by atoms with Gasteiger partial charge in [0.1, 0.15) is 5.82 Å². The van der Waals surface area contributed by atoms with Crippen LogP contribution in [-0.4, -0.2) is 10.2 Å². The van der Waals surface area contributed by atoms with Gasteiger partial charge in [0.25, 0.3) is 0 Å². The first-order valence-corrected chi connectivity index (χ1v) is 5.31. The van der Waals surface area contributed by atoms with Crippen LogP contribution in [0.5, 0.6) is 0 Å². The monoisotopic (exact) mass is 253 g/mol. The third-order valence-electron chi connectivity index (χ3n) is 2.73. The van der Waals surface area contributed by atoms with Gasteiger partial charge < -0.3 is 5.73 Å². The maximum Gasteiger partial charge on any atom is 0.162 e. The predicted molar refractivity (Wildman–Crippen MR) is 63.1 cm³/mol. The molecule has 96 valence electrons. The van der Waals surface area contributed by atoms with Crippen LogP contribution < -0.4 is 17.0 Å².